The Morgan fingerprint density at radius 3 is 2.81 bits per heavy atom. The van der Waals surface area contributed by atoms with Crippen molar-refractivity contribution >= 4 is 5.97 Å². The molecule has 0 spiro atoms. The van der Waals surface area contributed by atoms with E-state index in [-0.39, 0.29) is 12.0 Å². The summed E-state index contributed by atoms with van der Waals surface area (Å²) in [4.78, 5) is 12.2. The fraction of sp³-hybridized carbons (Fsp3) is 0.278. The Balaban J connectivity index is 1.63. The summed E-state index contributed by atoms with van der Waals surface area (Å²) < 4.78 is 5.42. The maximum absolute atomic E-state index is 12.2. The second kappa shape index (κ2) is 6.10. The van der Waals surface area contributed by atoms with Gasteiger partial charge in [0.25, 0.3) is 0 Å². The van der Waals surface area contributed by atoms with Gasteiger partial charge in [0.2, 0.25) is 0 Å². The van der Waals surface area contributed by atoms with Gasteiger partial charge in [0, 0.05) is 6.54 Å². The molecule has 1 N–H and O–H groups in total. The van der Waals surface area contributed by atoms with E-state index < -0.39 is 0 Å². The second-order valence-electron chi connectivity index (χ2n) is 5.44. The highest BCUT2D eigenvalue weighted by atomic mass is 16.5. The van der Waals surface area contributed by atoms with Gasteiger partial charge in [0.15, 0.2) is 0 Å². The zero-order valence-electron chi connectivity index (χ0n) is 12.1. The van der Waals surface area contributed by atoms with E-state index in [1.165, 1.54) is 16.7 Å². The van der Waals surface area contributed by atoms with Gasteiger partial charge in [-0.3, -0.25) is 4.79 Å². The van der Waals surface area contributed by atoms with E-state index in [2.05, 4.69) is 30.4 Å². The molecular weight excluding hydrogens is 262 g/mol. The molecule has 3 nitrogen and oxygen atoms in total. The Bertz CT molecular complexity index is 637. The van der Waals surface area contributed by atoms with Gasteiger partial charge in [0.05, 0.1) is 0 Å². The first-order valence-corrected chi connectivity index (χ1v) is 7.25. The van der Waals surface area contributed by atoms with E-state index >= 15 is 0 Å². The number of benzene rings is 2. The van der Waals surface area contributed by atoms with Crippen LogP contribution < -0.4 is 5.32 Å². The maximum Gasteiger partial charge on any atom is 0.323 e. The van der Waals surface area contributed by atoms with Gasteiger partial charge in [-0.1, -0.05) is 48.5 Å². The molecular formula is C18H19NO2. The summed E-state index contributed by atoms with van der Waals surface area (Å²) in [5.41, 5.74) is 4.81. The van der Waals surface area contributed by atoms with E-state index in [9.17, 15) is 4.79 Å². The average Bonchev–Trinajstić information content (AvgIpc) is 2.54. The van der Waals surface area contributed by atoms with Crippen LogP contribution in [0.15, 0.2) is 48.5 Å². The molecule has 1 heterocycles. The minimum absolute atomic E-state index is 0.173. The van der Waals surface area contributed by atoms with E-state index in [1.807, 2.05) is 30.3 Å². The molecule has 0 bridgehead atoms. The Morgan fingerprint density at radius 2 is 2.00 bits per heavy atom. The molecule has 3 heteroatoms. The topological polar surface area (TPSA) is 38.3 Å². The second-order valence-corrected chi connectivity index (χ2v) is 5.44. The van der Waals surface area contributed by atoms with Crippen LogP contribution in [0.5, 0.6) is 0 Å². The van der Waals surface area contributed by atoms with Gasteiger partial charge in [-0.25, -0.2) is 0 Å². The maximum atomic E-state index is 12.2. The van der Waals surface area contributed by atoms with Crippen molar-refractivity contribution in [3.63, 3.8) is 0 Å². The molecule has 21 heavy (non-hydrogen) atoms. The summed E-state index contributed by atoms with van der Waals surface area (Å²) in [6, 6.07) is 15.8. The van der Waals surface area contributed by atoms with E-state index in [0.29, 0.717) is 13.0 Å². The molecule has 3 rings (SSSR count). The van der Waals surface area contributed by atoms with Crippen molar-refractivity contribution in [2.24, 2.45) is 0 Å². The number of rotatable bonds is 3. The number of hydrogen-bond donors (Lipinski definition) is 1. The predicted molar refractivity (Wildman–Crippen MR) is 81.7 cm³/mol. The molecule has 0 saturated carbocycles. The summed E-state index contributed by atoms with van der Waals surface area (Å²) in [7, 11) is 0. The van der Waals surface area contributed by atoms with Gasteiger partial charge >= 0.3 is 5.97 Å². The zero-order valence-corrected chi connectivity index (χ0v) is 12.1. The summed E-state index contributed by atoms with van der Waals surface area (Å²) in [6.07, 6.45) is 0.704. The van der Waals surface area contributed by atoms with Crippen molar-refractivity contribution in [1.29, 1.82) is 0 Å². The Morgan fingerprint density at radius 1 is 1.19 bits per heavy atom. The first kappa shape index (κ1) is 13.8. The van der Waals surface area contributed by atoms with Crippen molar-refractivity contribution in [2.45, 2.75) is 32.5 Å². The SMILES string of the molecule is Cc1cccc2c1CC(C(=O)OCc1ccccc1)NC2. The highest BCUT2D eigenvalue weighted by Gasteiger charge is 2.26. The average molecular weight is 281 g/mol. The molecule has 0 amide bonds. The van der Waals surface area contributed by atoms with E-state index in [4.69, 9.17) is 4.74 Å². The minimum Gasteiger partial charge on any atom is -0.460 e. The third-order valence-electron chi connectivity index (χ3n) is 3.96. The normalized spacial score (nSPS) is 17.1. The molecule has 0 aliphatic carbocycles. The Labute approximate surface area is 124 Å². The number of nitrogens with one attached hydrogen (secondary N) is 1. The van der Waals surface area contributed by atoms with Crippen LogP contribution in [-0.4, -0.2) is 12.0 Å². The van der Waals surface area contributed by atoms with Crippen molar-refractivity contribution in [1.82, 2.24) is 5.32 Å². The fourth-order valence-electron chi connectivity index (χ4n) is 2.73. The number of ether oxygens (including phenoxy) is 1. The Kier molecular flexibility index (Phi) is 4.02. The number of aryl methyl sites for hydroxylation is 1. The Hall–Kier alpha value is -2.13. The van der Waals surface area contributed by atoms with Crippen molar-refractivity contribution < 1.29 is 9.53 Å². The summed E-state index contributed by atoms with van der Waals surface area (Å²) in [6.45, 7) is 3.15. The van der Waals surface area contributed by atoms with Crippen LogP contribution in [0.4, 0.5) is 0 Å². The number of carbonyl (C=O) groups is 1. The standard InChI is InChI=1S/C18H19NO2/c1-13-6-5-9-15-11-19-17(10-16(13)15)18(20)21-12-14-7-3-2-4-8-14/h2-9,17,19H,10-12H2,1H3. The number of esters is 1. The molecule has 0 saturated heterocycles. The van der Waals surface area contributed by atoms with Crippen LogP contribution >= 0.6 is 0 Å². The molecule has 2 aromatic rings. The lowest BCUT2D eigenvalue weighted by molar-refractivity contribution is -0.147. The van der Waals surface area contributed by atoms with Crippen LogP contribution in [-0.2, 0) is 29.1 Å². The van der Waals surface area contributed by atoms with Crippen LogP contribution in [0, 0.1) is 6.92 Å². The summed E-state index contributed by atoms with van der Waals surface area (Å²) in [5, 5.41) is 3.26. The molecule has 1 aliphatic rings. The van der Waals surface area contributed by atoms with E-state index in [0.717, 1.165) is 12.1 Å². The molecule has 1 atom stereocenters. The van der Waals surface area contributed by atoms with Gasteiger partial charge in [-0.2, -0.15) is 0 Å². The molecule has 2 aromatic carbocycles. The van der Waals surface area contributed by atoms with Gasteiger partial charge in [-0.15, -0.1) is 0 Å². The third kappa shape index (κ3) is 3.14. The lowest BCUT2D eigenvalue weighted by Gasteiger charge is -2.26. The summed E-state index contributed by atoms with van der Waals surface area (Å²) >= 11 is 0. The molecule has 0 radical (unpaired) electrons. The van der Waals surface area contributed by atoms with Crippen LogP contribution in [0.1, 0.15) is 22.3 Å². The lowest BCUT2D eigenvalue weighted by atomic mass is 9.92. The highest BCUT2D eigenvalue weighted by Crippen LogP contribution is 2.21. The van der Waals surface area contributed by atoms with Gasteiger partial charge in [-0.05, 0) is 35.6 Å². The van der Waals surface area contributed by atoms with Crippen LogP contribution in [0.25, 0.3) is 0 Å². The first-order chi connectivity index (χ1) is 10.2. The van der Waals surface area contributed by atoms with Gasteiger partial charge < -0.3 is 10.1 Å². The number of hydrogen-bond acceptors (Lipinski definition) is 3. The molecule has 0 aromatic heterocycles. The highest BCUT2D eigenvalue weighted by molar-refractivity contribution is 5.76. The first-order valence-electron chi connectivity index (χ1n) is 7.25. The fourth-order valence-corrected chi connectivity index (χ4v) is 2.73. The zero-order chi connectivity index (χ0) is 14.7. The summed E-state index contributed by atoms with van der Waals surface area (Å²) in [5.74, 6) is -0.173. The van der Waals surface area contributed by atoms with E-state index in [1.54, 1.807) is 0 Å². The quantitative estimate of drug-likeness (QED) is 0.879. The monoisotopic (exact) mass is 281 g/mol. The largest absolute Gasteiger partial charge is 0.460 e. The van der Waals surface area contributed by atoms with Crippen molar-refractivity contribution in [3.8, 4) is 0 Å². The minimum atomic E-state index is -0.248. The molecule has 108 valence electrons. The molecule has 0 fully saturated rings. The number of fused-ring (bicyclic) bond motifs is 1. The third-order valence-corrected chi connectivity index (χ3v) is 3.96. The smallest absolute Gasteiger partial charge is 0.323 e. The lowest BCUT2D eigenvalue weighted by Crippen LogP contribution is -2.43. The van der Waals surface area contributed by atoms with Crippen LogP contribution in [0.3, 0.4) is 0 Å². The van der Waals surface area contributed by atoms with Crippen molar-refractivity contribution in [3.05, 3.63) is 70.8 Å². The van der Waals surface area contributed by atoms with Gasteiger partial charge in [0.1, 0.15) is 12.6 Å². The van der Waals surface area contributed by atoms with Crippen LogP contribution in [0.2, 0.25) is 0 Å². The predicted octanol–water partition coefficient (Wildman–Crippen LogP) is 2.75. The molecule has 1 aliphatic heterocycles. The molecule has 1 unspecified atom stereocenters. The number of carbonyl (C=O) groups excluding carboxylic acids is 1. The van der Waals surface area contributed by atoms with Crippen molar-refractivity contribution in [2.75, 3.05) is 0 Å².